The van der Waals surface area contributed by atoms with Crippen LogP contribution in [0.2, 0.25) is 0 Å². The van der Waals surface area contributed by atoms with Gasteiger partial charge in [-0.2, -0.15) is 0 Å². The van der Waals surface area contributed by atoms with Gasteiger partial charge in [-0.15, -0.1) is 0 Å². The molecule has 0 bridgehead atoms. The van der Waals surface area contributed by atoms with Crippen LogP contribution in [0.3, 0.4) is 0 Å². The van der Waals surface area contributed by atoms with Crippen molar-refractivity contribution in [3.05, 3.63) is 126 Å². The highest BCUT2D eigenvalue weighted by Crippen LogP contribution is 2.59. The van der Waals surface area contributed by atoms with Crippen molar-refractivity contribution in [3.63, 3.8) is 0 Å². The Hall–Kier alpha value is -4.36. The molecule has 308 valence electrons. The van der Waals surface area contributed by atoms with Gasteiger partial charge in [0.05, 0.1) is 45.1 Å². The van der Waals surface area contributed by atoms with Crippen molar-refractivity contribution in [1.82, 2.24) is 10.6 Å². The second kappa shape index (κ2) is 22.5. The number of benzene rings is 2. The van der Waals surface area contributed by atoms with Gasteiger partial charge in [0.2, 0.25) is 5.91 Å². The number of hydrogen-bond acceptors (Lipinski definition) is 10. The second-order valence-corrected chi connectivity index (χ2v) is 15.0. The molecule has 11 nitrogen and oxygen atoms in total. The van der Waals surface area contributed by atoms with Gasteiger partial charge < -0.3 is 43.8 Å². The molecule has 3 aliphatic rings. The lowest BCUT2D eigenvalue weighted by molar-refractivity contribution is -0.166. The van der Waals surface area contributed by atoms with Crippen LogP contribution in [0.4, 0.5) is 0 Å². The van der Waals surface area contributed by atoms with Crippen LogP contribution in [-0.4, -0.2) is 94.6 Å². The van der Waals surface area contributed by atoms with Crippen LogP contribution in [0, 0.1) is 5.92 Å². The van der Waals surface area contributed by atoms with Crippen LogP contribution in [-0.2, 0) is 51.2 Å². The summed E-state index contributed by atoms with van der Waals surface area (Å²) >= 11 is 0. The van der Waals surface area contributed by atoms with Gasteiger partial charge in [-0.05, 0) is 63.3 Å². The molecule has 3 fully saturated rings. The van der Waals surface area contributed by atoms with E-state index >= 15 is 0 Å². The van der Waals surface area contributed by atoms with Crippen LogP contribution >= 0.6 is 0 Å². The quantitative estimate of drug-likeness (QED) is 0.0311. The molecule has 1 aliphatic carbocycles. The molecule has 1 saturated carbocycles. The Balaban J connectivity index is 0.864. The Labute approximate surface area is 338 Å². The third kappa shape index (κ3) is 14.2. The summed E-state index contributed by atoms with van der Waals surface area (Å²) in [5, 5.41) is 6.17. The highest BCUT2D eigenvalue weighted by Gasteiger charge is 2.72. The summed E-state index contributed by atoms with van der Waals surface area (Å²) in [5.41, 5.74) is 2.90. The van der Waals surface area contributed by atoms with E-state index in [1.165, 1.54) is 17.7 Å². The van der Waals surface area contributed by atoms with E-state index in [4.69, 9.17) is 33.2 Å². The fourth-order valence-electron chi connectivity index (χ4n) is 7.28. The number of carbonyl (C=O) groups excluding carboxylic acids is 2. The summed E-state index contributed by atoms with van der Waals surface area (Å²) in [6.45, 7) is 11.3. The summed E-state index contributed by atoms with van der Waals surface area (Å²) in [6.07, 6.45) is 17.0. The van der Waals surface area contributed by atoms with E-state index in [0.717, 1.165) is 42.8 Å². The molecular formula is C46H60N2O9. The molecule has 11 heteroatoms. The Morgan fingerprint density at radius 2 is 1.58 bits per heavy atom. The van der Waals surface area contributed by atoms with Crippen molar-refractivity contribution in [1.29, 1.82) is 0 Å². The molecule has 2 N–H and O–H groups in total. The van der Waals surface area contributed by atoms with Gasteiger partial charge in [-0.3, -0.25) is 4.79 Å². The zero-order valence-electron chi connectivity index (χ0n) is 33.9. The summed E-state index contributed by atoms with van der Waals surface area (Å²) in [6, 6.07) is 18.2. The number of epoxide rings is 2. The minimum atomic E-state index is -0.425. The van der Waals surface area contributed by atoms with Crippen LogP contribution in [0.25, 0.3) is 0 Å². The lowest BCUT2D eigenvalue weighted by Crippen LogP contribution is -2.55. The summed E-state index contributed by atoms with van der Waals surface area (Å²) in [4.78, 5) is 24.8. The summed E-state index contributed by atoms with van der Waals surface area (Å²) in [5.74, 6) is 0.189. The summed E-state index contributed by atoms with van der Waals surface area (Å²) in [7, 11) is 1.67. The number of esters is 1. The third-order valence-electron chi connectivity index (χ3n) is 10.4. The molecule has 2 heterocycles. The molecule has 3 unspecified atom stereocenters. The first kappa shape index (κ1) is 43.8. The van der Waals surface area contributed by atoms with Gasteiger partial charge in [0.25, 0.3) is 0 Å². The molecule has 57 heavy (non-hydrogen) atoms. The molecule has 1 spiro atoms. The number of carbonyl (C=O) groups is 2. The van der Waals surface area contributed by atoms with Crippen molar-refractivity contribution >= 4 is 11.9 Å². The van der Waals surface area contributed by atoms with Gasteiger partial charge in [0, 0.05) is 38.9 Å². The van der Waals surface area contributed by atoms with E-state index in [-0.39, 0.29) is 41.3 Å². The van der Waals surface area contributed by atoms with Crippen molar-refractivity contribution in [3.8, 4) is 5.75 Å². The van der Waals surface area contributed by atoms with Gasteiger partial charge >= 0.3 is 5.97 Å². The normalized spacial score (nSPS) is 25.4. The fraction of sp³-hybridized carbons (Fsp3) is 0.478. The van der Waals surface area contributed by atoms with Gasteiger partial charge in [0.1, 0.15) is 35.8 Å². The molecule has 2 aromatic carbocycles. The van der Waals surface area contributed by atoms with Gasteiger partial charge in [-0.1, -0.05) is 90.6 Å². The maximum atomic E-state index is 12.7. The zero-order valence-corrected chi connectivity index (χ0v) is 33.9. The van der Waals surface area contributed by atoms with Crippen molar-refractivity contribution < 1.29 is 42.7 Å². The first-order chi connectivity index (χ1) is 27.7. The maximum absolute atomic E-state index is 12.7. The van der Waals surface area contributed by atoms with E-state index in [9.17, 15) is 9.59 Å². The van der Waals surface area contributed by atoms with E-state index in [2.05, 4.69) is 43.5 Å². The van der Waals surface area contributed by atoms with Gasteiger partial charge in [0.15, 0.2) is 0 Å². The molecular weight excluding hydrogens is 725 g/mol. The third-order valence-corrected chi connectivity index (χ3v) is 10.4. The maximum Gasteiger partial charge on any atom is 0.331 e. The number of amides is 1. The number of ether oxygens (including phenoxy) is 7. The fourth-order valence-corrected chi connectivity index (χ4v) is 7.28. The van der Waals surface area contributed by atoms with Crippen molar-refractivity contribution in [2.45, 2.75) is 82.7 Å². The lowest BCUT2D eigenvalue weighted by Gasteiger charge is -2.42. The van der Waals surface area contributed by atoms with Gasteiger partial charge in [-0.25, -0.2) is 4.79 Å². The van der Waals surface area contributed by atoms with E-state index in [1.807, 2.05) is 48.5 Å². The molecule has 1 amide bonds. The standard InChI is InChI=1S/C46H60N2O9/c1-35(2)21-22-40-45(3,57-40)44-43(51-4)39(23-24-46(44)34-55-46)56-42(50)20-13-8-6-5-7-12-19-41(49)48-26-28-53-30-29-52-27-25-47-32-37-17-14-18-38(31-37)54-33-36-15-10-9-11-16-36/h5-21,31,39-40,43-44,47H,22-30,32-34H2,1-4H3,(H,48,49)/b7-5+,8-6+,19-12+,20-13+/t39?,40-,43?,44-,45+,46?/m1/s1. The smallest absolute Gasteiger partial charge is 0.331 e. The molecule has 0 aromatic heterocycles. The van der Waals surface area contributed by atoms with E-state index in [0.29, 0.717) is 52.6 Å². The van der Waals surface area contributed by atoms with Crippen LogP contribution in [0.15, 0.2) is 115 Å². The highest BCUT2D eigenvalue weighted by atomic mass is 16.6. The number of allylic oxidation sites excluding steroid dienone is 7. The van der Waals surface area contributed by atoms with Crippen LogP contribution in [0.1, 0.15) is 51.2 Å². The molecule has 2 aliphatic heterocycles. The molecule has 0 radical (unpaired) electrons. The van der Waals surface area contributed by atoms with Crippen molar-refractivity contribution in [2.75, 3.05) is 53.2 Å². The topological polar surface area (TPSA) is 129 Å². The first-order valence-corrected chi connectivity index (χ1v) is 20.0. The van der Waals surface area contributed by atoms with E-state index in [1.54, 1.807) is 43.6 Å². The second-order valence-electron chi connectivity index (χ2n) is 15.0. The lowest BCUT2D eigenvalue weighted by atomic mass is 9.68. The molecule has 5 rings (SSSR count). The Kier molecular flexibility index (Phi) is 17.3. The molecule has 2 aromatic rings. The molecule has 2 saturated heterocycles. The zero-order chi connectivity index (χ0) is 40.4. The van der Waals surface area contributed by atoms with E-state index < -0.39 is 5.97 Å². The Morgan fingerprint density at radius 3 is 2.30 bits per heavy atom. The average molecular weight is 785 g/mol. The monoisotopic (exact) mass is 784 g/mol. The minimum absolute atomic E-state index is 0.0210. The highest BCUT2D eigenvalue weighted by molar-refractivity contribution is 5.87. The SMILES string of the molecule is COC1C(OC(=O)/C=C/C=C/C=C/C=C/C(=O)NCCOCCOCCNCc2cccc(OCc3ccccc3)c2)CCC2(CO2)[C@H]1[C@@]1(C)O[C@@H]1CC=C(C)C. The number of rotatable bonds is 24. The molecule has 6 atom stereocenters. The van der Waals surface area contributed by atoms with Crippen LogP contribution in [0.5, 0.6) is 5.75 Å². The average Bonchev–Trinajstić information content (AvgIpc) is 4.13. The predicted octanol–water partition coefficient (Wildman–Crippen LogP) is 6.35. The number of nitrogens with one attached hydrogen (secondary N) is 2. The summed E-state index contributed by atoms with van der Waals surface area (Å²) < 4.78 is 41.2. The van der Waals surface area contributed by atoms with Crippen molar-refractivity contribution in [2.24, 2.45) is 5.92 Å². The number of methoxy groups -OCH3 is 1. The predicted molar refractivity (Wildman–Crippen MR) is 220 cm³/mol. The first-order valence-electron chi connectivity index (χ1n) is 20.0. The Morgan fingerprint density at radius 1 is 0.877 bits per heavy atom. The van der Waals surface area contributed by atoms with Crippen LogP contribution < -0.4 is 15.4 Å². The minimum Gasteiger partial charge on any atom is -0.489 e. The largest absolute Gasteiger partial charge is 0.489 e. The Bertz CT molecular complexity index is 1710. The number of hydrogen-bond donors (Lipinski definition) is 2.